The molecule has 0 unspecified atom stereocenters. The van der Waals surface area contributed by atoms with Gasteiger partial charge in [-0.15, -0.1) is 0 Å². The molecule has 0 aliphatic rings. The van der Waals surface area contributed by atoms with Crippen LogP contribution in [0.15, 0.2) is 79.0 Å². The molecule has 0 N–H and O–H groups in total. The summed E-state index contributed by atoms with van der Waals surface area (Å²) in [6, 6.07) is 22.8. The van der Waals surface area contributed by atoms with Gasteiger partial charge in [-0.3, -0.25) is 0 Å². The summed E-state index contributed by atoms with van der Waals surface area (Å²) < 4.78 is 20.9. The molecule has 0 aliphatic heterocycles. The van der Waals surface area contributed by atoms with E-state index in [0.717, 1.165) is 16.7 Å². The zero-order valence-electron chi connectivity index (χ0n) is 14.9. The van der Waals surface area contributed by atoms with Gasteiger partial charge in [-0.1, -0.05) is 54.6 Å². The van der Waals surface area contributed by atoms with Crippen LogP contribution < -0.4 is 0 Å². The Balaban J connectivity index is 1.70. The van der Waals surface area contributed by atoms with Gasteiger partial charge in [0, 0.05) is 18.1 Å². The van der Waals surface area contributed by atoms with Crippen molar-refractivity contribution < 1.29 is 13.9 Å². The van der Waals surface area contributed by atoms with Crippen molar-refractivity contribution in [2.24, 2.45) is 0 Å². The zero-order chi connectivity index (χ0) is 18.8. The summed E-state index contributed by atoms with van der Waals surface area (Å²) >= 11 is 0. The molecule has 4 rings (SSSR count). The Morgan fingerprint density at radius 3 is 2.33 bits per heavy atom. The fourth-order valence-electron chi connectivity index (χ4n) is 3.33. The van der Waals surface area contributed by atoms with Crippen molar-refractivity contribution in [3.8, 4) is 11.1 Å². The molecule has 0 spiro atoms. The number of benzene rings is 3. The third-order valence-electron chi connectivity index (χ3n) is 4.69. The van der Waals surface area contributed by atoms with E-state index in [-0.39, 0.29) is 5.82 Å². The molecule has 0 atom stereocenters. The van der Waals surface area contributed by atoms with Crippen LogP contribution >= 0.6 is 0 Å². The molecule has 1 heterocycles. The minimum atomic E-state index is -0.473. The van der Waals surface area contributed by atoms with Gasteiger partial charge in [0.05, 0.1) is 18.2 Å². The summed E-state index contributed by atoms with van der Waals surface area (Å²) in [5.41, 5.74) is 4.27. The first-order valence-electron chi connectivity index (χ1n) is 8.67. The second-order valence-corrected chi connectivity index (χ2v) is 6.36. The van der Waals surface area contributed by atoms with Gasteiger partial charge in [0.1, 0.15) is 5.82 Å². The molecule has 4 heteroatoms. The molecule has 0 saturated heterocycles. The van der Waals surface area contributed by atoms with Crippen LogP contribution in [0.3, 0.4) is 0 Å². The Hall–Kier alpha value is -3.40. The number of fused-ring (bicyclic) bond motifs is 1. The third-order valence-corrected chi connectivity index (χ3v) is 4.69. The number of carbonyl (C=O) groups excluding carboxylic acids is 1. The lowest BCUT2D eigenvalue weighted by Gasteiger charge is -2.10. The minimum Gasteiger partial charge on any atom is -0.465 e. The van der Waals surface area contributed by atoms with E-state index < -0.39 is 5.97 Å². The minimum absolute atomic E-state index is 0.351. The van der Waals surface area contributed by atoms with Crippen molar-refractivity contribution in [2.45, 2.75) is 6.54 Å². The maximum Gasteiger partial charge on any atom is 0.340 e. The van der Waals surface area contributed by atoms with Gasteiger partial charge in [-0.25, -0.2) is 9.18 Å². The molecule has 3 aromatic carbocycles. The van der Waals surface area contributed by atoms with E-state index >= 15 is 0 Å². The highest BCUT2D eigenvalue weighted by Gasteiger charge is 2.17. The average molecular weight is 359 g/mol. The predicted octanol–water partition coefficient (Wildman–Crippen LogP) is 5.28. The first-order valence-corrected chi connectivity index (χ1v) is 8.67. The second-order valence-electron chi connectivity index (χ2n) is 6.36. The van der Waals surface area contributed by atoms with E-state index in [1.807, 2.05) is 34.9 Å². The highest BCUT2D eigenvalue weighted by Crippen LogP contribution is 2.26. The van der Waals surface area contributed by atoms with Gasteiger partial charge in [0.2, 0.25) is 0 Å². The van der Waals surface area contributed by atoms with E-state index in [9.17, 15) is 9.18 Å². The molecule has 27 heavy (non-hydrogen) atoms. The van der Waals surface area contributed by atoms with Crippen molar-refractivity contribution >= 4 is 16.9 Å². The van der Waals surface area contributed by atoms with Crippen molar-refractivity contribution in [3.05, 3.63) is 95.9 Å². The summed E-state index contributed by atoms with van der Waals surface area (Å²) in [6.07, 6.45) is 1.80. The normalized spacial score (nSPS) is 10.9. The Morgan fingerprint density at radius 1 is 0.926 bits per heavy atom. The molecule has 0 amide bonds. The highest BCUT2D eigenvalue weighted by atomic mass is 19.1. The van der Waals surface area contributed by atoms with Crippen LogP contribution in [0.5, 0.6) is 0 Å². The second kappa shape index (κ2) is 7.08. The number of ether oxygens (including phenoxy) is 1. The summed E-state index contributed by atoms with van der Waals surface area (Å²) in [5, 5.41) is 0.416. The highest BCUT2D eigenvalue weighted by molar-refractivity contribution is 6.03. The van der Waals surface area contributed by atoms with Gasteiger partial charge in [0.25, 0.3) is 0 Å². The van der Waals surface area contributed by atoms with Gasteiger partial charge in [-0.05, 0) is 34.9 Å². The lowest BCUT2D eigenvalue weighted by Crippen LogP contribution is -2.07. The number of methoxy groups -OCH3 is 1. The SMILES string of the molecule is COC(=O)c1ccc(F)c2ccn(Cc3ccc(-c4ccccc4)cc3)c12. The molecular weight excluding hydrogens is 341 g/mol. The third kappa shape index (κ3) is 3.22. The Morgan fingerprint density at radius 2 is 1.63 bits per heavy atom. The number of rotatable bonds is 4. The van der Waals surface area contributed by atoms with Gasteiger partial charge in [0.15, 0.2) is 0 Å². The Bertz CT molecular complexity index is 1100. The van der Waals surface area contributed by atoms with Gasteiger partial charge < -0.3 is 9.30 Å². The topological polar surface area (TPSA) is 31.2 Å². The van der Waals surface area contributed by atoms with Crippen LogP contribution in [0.4, 0.5) is 4.39 Å². The summed E-state index contributed by atoms with van der Waals surface area (Å²) in [6.45, 7) is 0.534. The average Bonchev–Trinajstić information content (AvgIpc) is 3.13. The number of carbonyl (C=O) groups is 1. The maximum absolute atomic E-state index is 14.2. The first kappa shape index (κ1) is 17.0. The molecule has 134 valence electrons. The predicted molar refractivity (Wildman–Crippen MR) is 104 cm³/mol. The van der Waals surface area contributed by atoms with E-state index in [1.54, 1.807) is 12.3 Å². The van der Waals surface area contributed by atoms with Crippen LogP contribution in [0.25, 0.3) is 22.0 Å². The summed E-state index contributed by atoms with van der Waals surface area (Å²) in [4.78, 5) is 12.1. The van der Waals surface area contributed by atoms with Crippen molar-refractivity contribution in [3.63, 3.8) is 0 Å². The fourth-order valence-corrected chi connectivity index (χ4v) is 3.33. The van der Waals surface area contributed by atoms with Crippen molar-refractivity contribution in [2.75, 3.05) is 7.11 Å². The zero-order valence-corrected chi connectivity index (χ0v) is 14.9. The Kier molecular flexibility index (Phi) is 4.47. The number of aromatic nitrogens is 1. The van der Waals surface area contributed by atoms with E-state index in [1.165, 1.54) is 19.2 Å². The lowest BCUT2D eigenvalue weighted by atomic mass is 10.0. The molecule has 1 aromatic heterocycles. The van der Waals surface area contributed by atoms with Gasteiger partial charge in [-0.2, -0.15) is 0 Å². The number of halogens is 1. The Labute approximate surface area is 156 Å². The van der Waals surface area contributed by atoms with Crippen LogP contribution in [0.2, 0.25) is 0 Å². The quantitative estimate of drug-likeness (QED) is 0.464. The fraction of sp³-hybridized carbons (Fsp3) is 0.0870. The number of esters is 1. The maximum atomic E-state index is 14.2. The van der Waals surface area contributed by atoms with Crippen LogP contribution in [-0.2, 0) is 11.3 Å². The molecule has 4 aromatic rings. The van der Waals surface area contributed by atoms with Crippen LogP contribution in [-0.4, -0.2) is 17.6 Å². The summed E-state index contributed by atoms with van der Waals surface area (Å²) in [7, 11) is 1.33. The smallest absolute Gasteiger partial charge is 0.340 e. The number of hydrogen-bond acceptors (Lipinski definition) is 2. The molecule has 0 radical (unpaired) electrons. The number of hydrogen-bond donors (Lipinski definition) is 0. The van der Waals surface area contributed by atoms with E-state index in [2.05, 4.69) is 24.3 Å². The van der Waals surface area contributed by atoms with Crippen LogP contribution in [0.1, 0.15) is 15.9 Å². The molecular formula is C23H18FNO2. The standard InChI is InChI=1S/C23H18FNO2/c1-27-23(26)20-11-12-21(24)19-13-14-25(22(19)20)15-16-7-9-18(10-8-16)17-5-3-2-4-6-17/h2-14H,15H2,1H3. The van der Waals surface area contributed by atoms with Crippen molar-refractivity contribution in [1.82, 2.24) is 4.57 Å². The molecule has 0 bridgehead atoms. The molecule has 3 nitrogen and oxygen atoms in total. The first-order chi connectivity index (χ1) is 13.2. The van der Waals surface area contributed by atoms with Crippen molar-refractivity contribution in [1.29, 1.82) is 0 Å². The van der Waals surface area contributed by atoms with Crippen LogP contribution in [0, 0.1) is 5.82 Å². The van der Waals surface area contributed by atoms with E-state index in [4.69, 9.17) is 4.74 Å². The molecule has 0 saturated carbocycles. The van der Waals surface area contributed by atoms with E-state index in [0.29, 0.717) is 23.0 Å². The monoisotopic (exact) mass is 359 g/mol. The molecule has 0 fully saturated rings. The van der Waals surface area contributed by atoms with Gasteiger partial charge >= 0.3 is 5.97 Å². The summed E-state index contributed by atoms with van der Waals surface area (Å²) in [5.74, 6) is -0.824. The largest absolute Gasteiger partial charge is 0.465 e. The lowest BCUT2D eigenvalue weighted by molar-refractivity contribution is 0.0602. The molecule has 0 aliphatic carbocycles. The number of nitrogens with zero attached hydrogens (tertiary/aromatic N) is 1.